The Hall–Kier alpha value is -3.55. The van der Waals surface area contributed by atoms with E-state index in [9.17, 15) is 4.79 Å². The van der Waals surface area contributed by atoms with Gasteiger partial charge in [-0.3, -0.25) is 4.79 Å². The number of hydrogen-bond acceptors (Lipinski definition) is 7. The van der Waals surface area contributed by atoms with Crippen molar-refractivity contribution in [3.8, 4) is 5.75 Å². The lowest BCUT2D eigenvalue weighted by Gasteiger charge is -2.36. The summed E-state index contributed by atoms with van der Waals surface area (Å²) in [6, 6.07) is 15.2. The van der Waals surface area contributed by atoms with Gasteiger partial charge < -0.3 is 24.3 Å². The van der Waals surface area contributed by atoms with Crippen LogP contribution in [0.3, 0.4) is 0 Å². The van der Waals surface area contributed by atoms with Crippen molar-refractivity contribution < 1.29 is 13.9 Å². The highest BCUT2D eigenvalue weighted by atomic mass is 16.5. The summed E-state index contributed by atoms with van der Waals surface area (Å²) in [6.07, 6.45) is 1.57. The van der Waals surface area contributed by atoms with Gasteiger partial charge in [0.05, 0.1) is 19.9 Å². The zero-order valence-electron chi connectivity index (χ0n) is 16.2. The molecule has 0 spiro atoms. The predicted molar refractivity (Wildman–Crippen MR) is 109 cm³/mol. The van der Waals surface area contributed by atoms with Gasteiger partial charge in [-0.2, -0.15) is 0 Å². The summed E-state index contributed by atoms with van der Waals surface area (Å²) in [5, 5.41) is 11.1. The first-order valence-corrected chi connectivity index (χ1v) is 9.51. The maximum atomic E-state index is 12.2. The zero-order chi connectivity index (χ0) is 20.1. The number of carbonyl (C=O) groups is 1. The number of piperazine rings is 1. The maximum absolute atomic E-state index is 12.2. The molecule has 4 rings (SSSR count). The van der Waals surface area contributed by atoms with Gasteiger partial charge in [0, 0.05) is 31.9 Å². The maximum Gasteiger partial charge on any atom is 0.272 e. The normalized spacial score (nSPS) is 14.0. The number of ether oxygens (including phenoxy) is 1. The van der Waals surface area contributed by atoms with Crippen LogP contribution >= 0.6 is 0 Å². The van der Waals surface area contributed by atoms with E-state index < -0.39 is 0 Å². The first kappa shape index (κ1) is 18.8. The van der Waals surface area contributed by atoms with Gasteiger partial charge in [0.2, 0.25) is 0 Å². The molecule has 29 heavy (non-hydrogen) atoms. The Morgan fingerprint density at radius 1 is 1.03 bits per heavy atom. The molecular formula is C21H23N5O3. The Kier molecular flexibility index (Phi) is 5.60. The van der Waals surface area contributed by atoms with Gasteiger partial charge in [0.1, 0.15) is 11.5 Å². The molecule has 8 nitrogen and oxygen atoms in total. The van der Waals surface area contributed by atoms with Gasteiger partial charge in [-0.15, -0.1) is 10.2 Å². The smallest absolute Gasteiger partial charge is 0.272 e. The highest BCUT2D eigenvalue weighted by molar-refractivity contribution is 5.92. The van der Waals surface area contributed by atoms with Crippen LogP contribution in [0.25, 0.3) is 0 Å². The number of aromatic nitrogens is 2. The van der Waals surface area contributed by atoms with E-state index in [0.717, 1.165) is 37.7 Å². The van der Waals surface area contributed by atoms with Crippen molar-refractivity contribution in [2.75, 3.05) is 43.1 Å². The number of anilines is 2. The van der Waals surface area contributed by atoms with Gasteiger partial charge in [-0.1, -0.05) is 0 Å². The fourth-order valence-electron chi connectivity index (χ4n) is 3.27. The SMILES string of the molecule is COc1ccc(N2CCN(c3ccc(C(=O)NCc4ccco4)nn3)CC2)cc1. The third-order valence-corrected chi connectivity index (χ3v) is 4.93. The molecule has 3 aromatic rings. The van der Waals surface area contributed by atoms with Gasteiger partial charge >= 0.3 is 0 Å². The Labute approximate surface area is 169 Å². The van der Waals surface area contributed by atoms with Gasteiger partial charge in [0.25, 0.3) is 5.91 Å². The number of furan rings is 1. The van der Waals surface area contributed by atoms with Crippen LogP contribution < -0.4 is 19.9 Å². The largest absolute Gasteiger partial charge is 0.497 e. The summed E-state index contributed by atoms with van der Waals surface area (Å²) in [5.41, 5.74) is 1.47. The summed E-state index contributed by atoms with van der Waals surface area (Å²) < 4.78 is 10.4. The zero-order valence-corrected chi connectivity index (χ0v) is 16.2. The van der Waals surface area contributed by atoms with Gasteiger partial charge in [-0.25, -0.2) is 0 Å². The average Bonchev–Trinajstić information content (AvgIpc) is 3.31. The topological polar surface area (TPSA) is 83.7 Å². The number of benzene rings is 1. The van der Waals surface area contributed by atoms with Gasteiger partial charge in [0.15, 0.2) is 11.5 Å². The Morgan fingerprint density at radius 2 is 1.79 bits per heavy atom. The van der Waals surface area contributed by atoms with Crippen molar-refractivity contribution >= 4 is 17.4 Å². The van der Waals surface area contributed by atoms with Crippen LogP contribution in [0.1, 0.15) is 16.2 Å². The van der Waals surface area contributed by atoms with E-state index in [1.807, 2.05) is 18.2 Å². The highest BCUT2D eigenvalue weighted by Gasteiger charge is 2.19. The van der Waals surface area contributed by atoms with Crippen LogP contribution in [-0.4, -0.2) is 49.4 Å². The molecule has 0 bridgehead atoms. The number of nitrogens with zero attached hydrogens (tertiary/aromatic N) is 4. The first-order chi connectivity index (χ1) is 14.2. The molecule has 0 atom stereocenters. The molecule has 150 valence electrons. The lowest BCUT2D eigenvalue weighted by Crippen LogP contribution is -2.46. The quantitative estimate of drug-likeness (QED) is 0.688. The van der Waals surface area contributed by atoms with E-state index in [1.54, 1.807) is 31.6 Å². The lowest BCUT2D eigenvalue weighted by molar-refractivity contribution is 0.0942. The van der Waals surface area contributed by atoms with Crippen LogP contribution in [0, 0.1) is 0 Å². The second kappa shape index (κ2) is 8.64. The number of methoxy groups -OCH3 is 1. The van der Waals surface area contributed by atoms with Crippen molar-refractivity contribution in [2.45, 2.75) is 6.54 Å². The van der Waals surface area contributed by atoms with Crippen molar-refractivity contribution in [3.63, 3.8) is 0 Å². The monoisotopic (exact) mass is 393 g/mol. The summed E-state index contributed by atoms with van der Waals surface area (Å²) in [4.78, 5) is 16.7. The number of nitrogens with one attached hydrogen (secondary N) is 1. The van der Waals surface area contributed by atoms with Crippen LogP contribution in [-0.2, 0) is 6.54 Å². The molecule has 0 radical (unpaired) electrons. The molecule has 1 saturated heterocycles. The number of amides is 1. The molecule has 0 unspecified atom stereocenters. The molecule has 1 aliphatic heterocycles. The standard InChI is InChI=1S/C21H23N5O3/c1-28-17-6-4-16(5-7-17)25-10-12-26(13-11-25)20-9-8-19(23-24-20)21(27)22-15-18-3-2-14-29-18/h2-9,14H,10-13,15H2,1H3,(H,22,27). The van der Waals surface area contributed by atoms with E-state index in [2.05, 4.69) is 37.4 Å². The Morgan fingerprint density at radius 3 is 2.41 bits per heavy atom. The number of hydrogen-bond donors (Lipinski definition) is 1. The molecule has 8 heteroatoms. The summed E-state index contributed by atoms with van der Waals surface area (Å²) >= 11 is 0. The molecule has 2 aromatic heterocycles. The van der Waals surface area contributed by atoms with Crippen molar-refractivity contribution in [2.24, 2.45) is 0 Å². The Bertz CT molecular complexity index is 918. The molecular weight excluding hydrogens is 370 g/mol. The van der Waals surface area contributed by atoms with Crippen LogP contribution in [0.2, 0.25) is 0 Å². The Balaban J connectivity index is 1.31. The predicted octanol–water partition coefficient (Wildman–Crippen LogP) is 2.33. The molecule has 1 aromatic carbocycles. The third-order valence-electron chi connectivity index (χ3n) is 4.93. The minimum atomic E-state index is -0.273. The minimum Gasteiger partial charge on any atom is -0.497 e. The summed E-state index contributed by atoms with van der Waals surface area (Å²) in [5.74, 6) is 2.06. The second-order valence-corrected chi connectivity index (χ2v) is 6.71. The number of carbonyl (C=O) groups excluding carboxylic acids is 1. The number of rotatable bonds is 6. The van der Waals surface area contributed by atoms with E-state index in [-0.39, 0.29) is 11.6 Å². The second-order valence-electron chi connectivity index (χ2n) is 6.71. The van der Waals surface area contributed by atoms with E-state index in [4.69, 9.17) is 9.15 Å². The lowest BCUT2D eigenvalue weighted by atomic mass is 10.2. The van der Waals surface area contributed by atoms with Crippen LogP contribution in [0.4, 0.5) is 11.5 Å². The fourth-order valence-corrected chi connectivity index (χ4v) is 3.27. The van der Waals surface area contributed by atoms with Crippen molar-refractivity contribution in [1.29, 1.82) is 0 Å². The molecule has 3 heterocycles. The van der Waals surface area contributed by atoms with Crippen LogP contribution in [0.5, 0.6) is 5.75 Å². The molecule has 1 amide bonds. The fraction of sp³-hybridized carbons (Fsp3) is 0.286. The van der Waals surface area contributed by atoms with Gasteiger partial charge in [-0.05, 0) is 48.5 Å². The van der Waals surface area contributed by atoms with E-state index in [1.165, 1.54) is 5.69 Å². The average molecular weight is 393 g/mol. The highest BCUT2D eigenvalue weighted by Crippen LogP contribution is 2.22. The van der Waals surface area contributed by atoms with E-state index >= 15 is 0 Å². The molecule has 1 aliphatic rings. The summed E-state index contributed by atoms with van der Waals surface area (Å²) in [7, 11) is 1.67. The molecule has 1 fully saturated rings. The van der Waals surface area contributed by atoms with Crippen molar-refractivity contribution in [3.05, 3.63) is 66.2 Å². The summed E-state index contributed by atoms with van der Waals surface area (Å²) in [6.45, 7) is 3.77. The molecule has 0 aliphatic carbocycles. The molecule has 1 N–H and O–H groups in total. The van der Waals surface area contributed by atoms with E-state index in [0.29, 0.717) is 12.3 Å². The minimum absolute atomic E-state index is 0.273. The molecule has 0 saturated carbocycles. The first-order valence-electron chi connectivity index (χ1n) is 9.51. The third kappa shape index (κ3) is 4.48. The van der Waals surface area contributed by atoms with Crippen LogP contribution in [0.15, 0.2) is 59.2 Å². The van der Waals surface area contributed by atoms with Crippen molar-refractivity contribution in [1.82, 2.24) is 15.5 Å².